The number of ether oxygens (including phenoxy) is 2. The number of likely N-dealkylation sites (N-methyl/N-ethyl adjacent to an activating group) is 1. The maximum atomic E-state index is 12.1. The summed E-state index contributed by atoms with van der Waals surface area (Å²) in [5.74, 6) is -0.0505. The number of unbranched alkanes of at least 4 members (excludes halogenated alkanes) is 2. The van der Waals surface area contributed by atoms with Crippen LogP contribution in [0, 0.1) is 5.92 Å². The van der Waals surface area contributed by atoms with E-state index in [-0.39, 0.29) is 5.97 Å². The average molecular weight is 287 g/mol. The van der Waals surface area contributed by atoms with Crippen LogP contribution in [-0.2, 0) is 14.3 Å². The predicted molar refractivity (Wildman–Crippen MR) is 78.5 cm³/mol. The normalized spacial score (nSPS) is 12.1. The first-order valence-electron chi connectivity index (χ1n) is 7.50. The summed E-state index contributed by atoms with van der Waals surface area (Å²) in [6.07, 6.45) is 3.07. The number of hydrogen-bond acceptors (Lipinski definition) is 4. The predicted octanol–water partition coefficient (Wildman–Crippen LogP) is 3.22. The molecule has 5 nitrogen and oxygen atoms in total. The van der Waals surface area contributed by atoms with E-state index in [1.165, 1.54) is 4.90 Å². The third-order valence-corrected chi connectivity index (χ3v) is 2.98. The van der Waals surface area contributed by atoms with E-state index in [9.17, 15) is 9.59 Å². The minimum absolute atomic E-state index is 0.292. The van der Waals surface area contributed by atoms with Crippen LogP contribution in [0.2, 0.25) is 0 Å². The molecular formula is C15H29NO4. The zero-order chi connectivity index (χ0) is 15.5. The summed E-state index contributed by atoms with van der Waals surface area (Å²) in [5, 5.41) is 0. The third-order valence-electron chi connectivity index (χ3n) is 2.98. The molecule has 0 saturated carbocycles. The maximum Gasteiger partial charge on any atom is 0.410 e. The van der Waals surface area contributed by atoms with Crippen molar-refractivity contribution < 1.29 is 19.1 Å². The zero-order valence-corrected chi connectivity index (χ0v) is 13.5. The Balaban J connectivity index is 4.52. The van der Waals surface area contributed by atoms with Crippen LogP contribution in [0.5, 0.6) is 0 Å². The highest BCUT2D eigenvalue weighted by Gasteiger charge is 2.29. The van der Waals surface area contributed by atoms with Crippen LogP contribution in [-0.4, -0.2) is 43.3 Å². The van der Waals surface area contributed by atoms with Gasteiger partial charge < -0.3 is 9.47 Å². The minimum atomic E-state index is -0.573. The van der Waals surface area contributed by atoms with Crippen molar-refractivity contribution in [3.63, 3.8) is 0 Å². The second-order valence-electron chi connectivity index (χ2n) is 5.33. The van der Waals surface area contributed by atoms with Crippen molar-refractivity contribution >= 4 is 12.1 Å². The average Bonchev–Trinajstić information content (AvgIpc) is 2.40. The van der Waals surface area contributed by atoms with Gasteiger partial charge in [-0.25, -0.2) is 9.59 Å². The Morgan fingerprint density at radius 1 is 1.10 bits per heavy atom. The fourth-order valence-corrected chi connectivity index (χ4v) is 1.83. The van der Waals surface area contributed by atoms with Crippen LogP contribution < -0.4 is 0 Å². The van der Waals surface area contributed by atoms with Crippen molar-refractivity contribution in [2.75, 3.05) is 20.3 Å². The number of carbonyl (C=O) groups excluding carboxylic acids is 2. The molecule has 1 amide bonds. The van der Waals surface area contributed by atoms with Gasteiger partial charge in [0.25, 0.3) is 0 Å². The van der Waals surface area contributed by atoms with Crippen LogP contribution >= 0.6 is 0 Å². The Bertz CT molecular complexity index is 292. The van der Waals surface area contributed by atoms with Gasteiger partial charge in [-0.05, 0) is 25.7 Å². The van der Waals surface area contributed by atoms with Crippen LogP contribution in [0.4, 0.5) is 4.79 Å². The summed E-state index contributed by atoms with van der Waals surface area (Å²) >= 11 is 0. The van der Waals surface area contributed by atoms with E-state index >= 15 is 0 Å². The van der Waals surface area contributed by atoms with Gasteiger partial charge in [0.15, 0.2) is 0 Å². The standard InChI is InChI=1S/C15H29NO4/c1-6-8-9-10-20-14(17)13(11-12(3)4)16(5)15(18)19-7-2/h12-13H,6-11H2,1-5H3. The van der Waals surface area contributed by atoms with Gasteiger partial charge in [-0.2, -0.15) is 0 Å². The summed E-state index contributed by atoms with van der Waals surface area (Å²) in [4.78, 5) is 25.2. The number of amides is 1. The molecule has 0 N–H and O–H groups in total. The second-order valence-corrected chi connectivity index (χ2v) is 5.33. The topological polar surface area (TPSA) is 55.8 Å². The molecule has 0 aliphatic heterocycles. The fourth-order valence-electron chi connectivity index (χ4n) is 1.83. The van der Waals surface area contributed by atoms with E-state index in [1.54, 1.807) is 14.0 Å². The number of hydrogen-bond donors (Lipinski definition) is 0. The molecule has 0 heterocycles. The molecule has 0 aromatic heterocycles. The zero-order valence-electron chi connectivity index (χ0n) is 13.5. The first-order chi connectivity index (χ1) is 9.43. The molecule has 118 valence electrons. The Kier molecular flexibility index (Phi) is 9.86. The number of rotatable bonds is 9. The van der Waals surface area contributed by atoms with E-state index in [1.807, 2.05) is 13.8 Å². The molecule has 0 fully saturated rings. The van der Waals surface area contributed by atoms with E-state index in [4.69, 9.17) is 9.47 Å². The van der Waals surface area contributed by atoms with Gasteiger partial charge in [0.1, 0.15) is 6.04 Å². The molecule has 5 heteroatoms. The van der Waals surface area contributed by atoms with Gasteiger partial charge in [0.05, 0.1) is 13.2 Å². The van der Waals surface area contributed by atoms with Crippen molar-refractivity contribution in [2.45, 2.75) is 59.4 Å². The first-order valence-corrected chi connectivity index (χ1v) is 7.50. The summed E-state index contributed by atoms with van der Waals surface area (Å²) in [5.41, 5.74) is 0. The molecule has 1 atom stereocenters. The number of esters is 1. The van der Waals surface area contributed by atoms with Crippen molar-refractivity contribution in [3.8, 4) is 0 Å². The summed E-state index contributed by atoms with van der Waals surface area (Å²) in [7, 11) is 1.58. The summed E-state index contributed by atoms with van der Waals surface area (Å²) in [6, 6.07) is -0.573. The van der Waals surface area contributed by atoms with Crippen LogP contribution in [0.15, 0.2) is 0 Å². The molecule has 0 bridgehead atoms. The van der Waals surface area contributed by atoms with E-state index < -0.39 is 12.1 Å². The molecular weight excluding hydrogens is 258 g/mol. The van der Waals surface area contributed by atoms with E-state index in [2.05, 4.69) is 6.92 Å². The van der Waals surface area contributed by atoms with Crippen molar-refractivity contribution in [1.29, 1.82) is 0 Å². The number of carbonyl (C=O) groups is 2. The quantitative estimate of drug-likeness (QED) is 0.482. The molecule has 0 spiro atoms. The minimum Gasteiger partial charge on any atom is -0.464 e. The van der Waals surface area contributed by atoms with Gasteiger partial charge >= 0.3 is 12.1 Å². The Morgan fingerprint density at radius 2 is 1.75 bits per heavy atom. The molecule has 20 heavy (non-hydrogen) atoms. The van der Waals surface area contributed by atoms with Crippen LogP contribution in [0.3, 0.4) is 0 Å². The summed E-state index contributed by atoms with van der Waals surface area (Å²) < 4.78 is 10.2. The molecule has 0 rings (SSSR count). The first kappa shape index (κ1) is 18.7. The number of nitrogens with zero attached hydrogens (tertiary/aromatic N) is 1. The second kappa shape index (κ2) is 10.5. The third kappa shape index (κ3) is 7.36. The van der Waals surface area contributed by atoms with Crippen LogP contribution in [0.1, 0.15) is 53.4 Å². The maximum absolute atomic E-state index is 12.1. The molecule has 0 aromatic rings. The molecule has 0 aromatic carbocycles. The van der Waals surface area contributed by atoms with Gasteiger partial charge in [0.2, 0.25) is 0 Å². The Hall–Kier alpha value is -1.26. The molecule has 0 saturated heterocycles. The Labute approximate surface area is 122 Å². The van der Waals surface area contributed by atoms with E-state index in [0.717, 1.165) is 19.3 Å². The van der Waals surface area contributed by atoms with Crippen molar-refractivity contribution in [3.05, 3.63) is 0 Å². The highest BCUT2D eigenvalue weighted by molar-refractivity contribution is 5.81. The Morgan fingerprint density at radius 3 is 2.25 bits per heavy atom. The fraction of sp³-hybridized carbons (Fsp3) is 0.867. The SMILES string of the molecule is CCCCCOC(=O)C(CC(C)C)N(C)C(=O)OCC. The van der Waals surface area contributed by atoms with Crippen LogP contribution in [0.25, 0.3) is 0 Å². The van der Waals surface area contributed by atoms with E-state index in [0.29, 0.717) is 25.6 Å². The lowest BCUT2D eigenvalue weighted by atomic mass is 10.0. The lowest BCUT2D eigenvalue weighted by Gasteiger charge is -2.27. The molecule has 0 aliphatic rings. The highest BCUT2D eigenvalue weighted by Crippen LogP contribution is 2.13. The van der Waals surface area contributed by atoms with Crippen molar-refractivity contribution in [2.24, 2.45) is 5.92 Å². The lowest BCUT2D eigenvalue weighted by molar-refractivity contribution is -0.149. The van der Waals surface area contributed by atoms with Gasteiger partial charge in [-0.1, -0.05) is 33.6 Å². The smallest absolute Gasteiger partial charge is 0.410 e. The molecule has 0 radical (unpaired) electrons. The van der Waals surface area contributed by atoms with Gasteiger partial charge in [0, 0.05) is 7.05 Å². The van der Waals surface area contributed by atoms with Gasteiger partial charge in [-0.15, -0.1) is 0 Å². The summed E-state index contributed by atoms with van der Waals surface area (Å²) in [6.45, 7) is 8.57. The van der Waals surface area contributed by atoms with Crippen molar-refractivity contribution in [1.82, 2.24) is 4.90 Å². The van der Waals surface area contributed by atoms with Gasteiger partial charge in [-0.3, -0.25) is 4.90 Å². The molecule has 1 unspecified atom stereocenters. The monoisotopic (exact) mass is 287 g/mol. The highest BCUT2D eigenvalue weighted by atomic mass is 16.6. The lowest BCUT2D eigenvalue weighted by Crippen LogP contribution is -2.44. The largest absolute Gasteiger partial charge is 0.464 e. The molecule has 0 aliphatic carbocycles.